The second-order valence-electron chi connectivity index (χ2n) is 14.7. The maximum Gasteiger partial charge on any atom is 0.306 e. The highest BCUT2D eigenvalue weighted by atomic mass is 16.6. The first-order valence-electron chi connectivity index (χ1n) is 23.7. The summed E-state index contributed by atoms with van der Waals surface area (Å²) in [4.78, 5) is 37.8. The van der Waals surface area contributed by atoms with Crippen molar-refractivity contribution in [2.75, 3.05) is 13.2 Å². The first-order chi connectivity index (χ1) is 31.0. The van der Waals surface area contributed by atoms with Gasteiger partial charge in [-0.1, -0.05) is 197 Å². The topological polar surface area (TPSA) is 78.9 Å². The molecule has 0 saturated carbocycles. The van der Waals surface area contributed by atoms with Crippen LogP contribution in [0.5, 0.6) is 0 Å². The second-order valence-corrected chi connectivity index (χ2v) is 14.7. The molecule has 6 nitrogen and oxygen atoms in total. The minimum Gasteiger partial charge on any atom is -0.462 e. The molecule has 6 heteroatoms. The Balaban J connectivity index is 4.63. The number of esters is 3. The Labute approximate surface area is 383 Å². The molecule has 0 N–H and O–H groups in total. The molecule has 0 aromatic heterocycles. The van der Waals surface area contributed by atoms with Gasteiger partial charge in [-0.05, 0) is 103 Å². The van der Waals surface area contributed by atoms with Crippen LogP contribution >= 0.6 is 0 Å². The molecule has 0 fully saturated rings. The number of unbranched alkanes of at least 4 members (excludes halogenated alkanes) is 5. The first-order valence-corrected chi connectivity index (χ1v) is 23.7. The van der Waals surface area contributed by atoms with E-state index in [4.69, 9.17) is 14.2 Å². The molecule has 0 bridgehead atoms. The van der Waals surface area contributed by atoms with Crippen molar-refractivity contribution in [1.29, 1.82) is 0 Å². The van der Waals surface area contributed by atoms with Gasteiger partial charge in [-0.15, -0.1) is 0 Å². The molecule has 1 atom stereocenters. The number of hydrogen-bond acceptors (Lipinski definition) is 6. The minimum absolute atomic E-state index is 0.147. The Morgan fingerprint density at radius 2 is 0.683 bits per heavy atom. The van der Waals surface area contributed by atoms with E-state index in [1.165, 1.54) is 0 Å². The monoisotopic (exact) mass is 863 g/mol. The third-order valence-electron chi connectivity index (χ3n) is 8.87. The van der Waals surface area contributed by atoms with Gasteiger partial charge in [0.25, 0.3) is 0 Å². The van der Waals surface area contributed by atoms with Crippen LogP contribution in [-0.2, 0) is 28.6 Å². The highest BCUT2D eigenvalue weighted by molar-refractivity contribution is 5.71. The molecule has 0 radical (unpaired) electrons. The Bertz CT molecular complexity index is 1550. The van der Waals surface area contributed by atoms with Gasteiger partial charge in [0.1, 0.15) is 13.2 Å². The molecule has 0 aromatic rings. The van der Waals surface area contributed by atoms with Crippen molar-refractivity contribution in [3.8, 4) is 0 Å². The lowest BCUT2D eigenvalue weighted by atomic mass is 10.1. The summed E-state index contributed by atoms with van der Waals surface area (Å²) in [6, 6.07) is 0. The van der Waals surface area contributed by atoms with Crippen molar-refractivity contribution in [3.05, 3.63) is 170 Å². The van der Waals surface area contributed by atoms with Gasteiger partial charge < -0.3 is 14.2 Å². The summed E-state index contributed by atoms with van der Waals surface area (Å²) in [6.07, 6.45) is 73.6. The van der Waals surface area contributed by atoms with E-state index in [1.807, 2.05) is 72.9 Å². The zero-order valence-electron chi connectivity index (χ0n) is 39.2. The van der Waals surface area contributed by atoms with E-state index in [1.54, 1.807) is 0 Å². The van der Waals surface area contributed by atoms with Crippen LogP contribution < -0.4 is 0 Å². The van der Waals surface area contributed by atoms with Gasteiger partial charge in [0.05, 0.1) is 0 Å². The smallest absolute Gasteiger partial charge is 0.306 e. The number of carbonyl (C=O) groups excluding carboxylic acids is 3. The van der Waals surface area contributed by atoms with Crippen LogP contribution in [-0.4, -0.2) is 37.2 Å². The third kappa shape index (κ3) is 47.7. The predicted octanol–water partition coefficient (Wildman–Crippen LogP) is 15.6. The molecule has 0 heterocycles. The molecular formula is C57H82O6. The summed E-state index contributed by atoms with van der Waals surface area (Å²) in [6.45, 7) is 6.07. The fourth-order valence-corrected chi connectivity index (χ4v) is 5.42. The van der Waals surface area contributed by atoms with Gasteiger partial charge in [-0.2, -0.15) is 0 Å². The third-order valence-corrected chi connectivity index (χ3v) is 8.87. The van der Waals surface area contributed by atoms with Crippen molar-refractivity contribution >= 4 is 17.9 Å². The zero-order chi connectivity index (χ0) is 45.8. The molecule has 0 aromatic carbocycles. The molecule has 1 unspecified atom stereocenters. The van der Waals surface area contributed by atoms with Gasteiger partial charge in [0, 0.05) is 19.3 Å². The fraction of sp³-hybridized carbons (Fsp3) is 0.456. The quantitative estimate of drug-likeness (QED) is 0.0201. The van der Waals surface area contributed by atoms with Crippen LogP contribution in [0.15, 0.2) is 170 Å². The second kappa shape index (κ2) is 49.4. The molecule has 0 saturated heterocycles. The highest BCUT2D eigenvalue weighted by Crippen LogP contribution is 2.09. The van der Waals surface area contributed by atoms with Crippen LogP contribution in [0.25, 0.3) is 0 Å². The standard InChI is InChI=1S/C57H82O6/c1-4-7-10-13-16-19-21-23-25-27-28-30-31-33-35-38-41-44-47-50-56(59)62-53-54(52-61-55(58)49-46-43-40-37-18-15-12-9-6-3)63-57(60)51-48-45-42-39-36-34-32-29-26-24-22-20-17-14-11-8-5-2/h7-12,14,16-20,22-26,28-30,32-37,41,44,54H,4-6,13,15,21,27,31,38-40,42-43,45-53H2,1-3H3/b10-7-,11-8-,12-9-,17-14-,19-16-,22-20-,25-23-,26-24-,30-28-,32-29+,35-33-,36-34-,37-18-,44-41-. The summed E-state index contributed by atoms with van der Waals surface area (Å²) >= 11 is 0. The van der Waals surface area contributed by atoms with E-state index in [2.05, 4.69) is 118 Å². The highest BCUT2D eigenvalue weighted by Gasteiger charge is 2.19. The molecule has 0 spiro atoms. The summed E-state index contributed by atoms with van der Waals surface area (Å²) < 4.78 is 16.6. The normalized spacial score (nSPS) is 13.6. The van der Waals surface area contributed by atoms with Gasteiger partial charge in [-0.3, -0.25) is 14.4 Å². The Morgan fingerprint density at radius 3 is 1.17 bits per heavy atom. The van der Waals surface area contributed by atoms with Crippen LogP contribution in [0.1, 0.15) is 149 Å². The molecule has 0 aliphatic rings. The molecular weight excluding hydrogens is 781 g/mol. The van der Waals surface area contributed by atoms with E-state index in [9.17, 15) is 14.4 Å². The van der Waals surface area contributed by atoms with E-state index in [-0.39, 0.29) is 44.4 Å². The van der Waals surface area contributed by atoms with E-state index >= 15 is 0 Å². The molecule has 346 valence electrons. The minimum atomic E-state index is -0.853. The predicted molar refractivity (Wildman–Crippen MR) is 269 cm³/mol. The lowest BCUT2D eigenvalue weighted by Gasteiger charge is -2.18. The molecule has 0 rings (SSSR count). The SMILES string of the molecule is CC\C=C/C=C\C=C/C=C\C=C\C=C/CCCCCC(=O)OC(COC(=O)CC/C=C\C/C=C\C/C=C\C/C=C\C/C=C\C/C=C\CC)COC(=O)CCCC/C=C\C/C=C\CC. The van der Waals surface area contributed by atoms with Crippen molar-refractivity contribution in [2.45, 2.75) is 155 Å². The lowest BCUT2D eigenvalue weighted by Crippen LogP contribution is -2.30. The first kappa shape index (κ1) is 57.8. The largest absolute Gasteiger partial charge is 0.462 e. The van der Waals surface area contributed by atoms with E-state index in [0.717, 1.165) is 89.9 Å². The number of allylic oxidation sites excluding steroid dienone is 28. The summed E-state index contributed by atoms with van der Waals surface area (Å²) in [5.74, 6) is -1.13. The van der Waals surface area contributed by atoms with Gasteiger partial charge >= 0.3 is 17.9 Å². The molecule has 0 aliphatic heterocycles. The van der Waals surface area contributed by atoms with Crippen molar-refractivity contribution < 1.29 is 28.6 Å². The average molecular weight is 863 g/mol. The molecule has 0 amide bonds. The van der Waals surface area contributed by atoms with Crippen LogP contribution in [0, 0.1) is 0 Å². The van der Waals surface area contributed by atoms with Crippen LogP contribution in [0.4, 0.5) is 0 Å². The number of hydrogen-bond donors (Lipinski definition) is 0. The maximum absolute atomic E-state index is 12.7. The summed E-state index contributed by atoms with van der Waals surface area (Å²) in [5.41, 5.74) is 0. The number of ether oxygens (including phenoxy) is 3. The van der Waals surface area contributed by atoms with E-state index < -0.39 is 12.1 Å². The summed E-state index contributed by atoms with van der Waals surface area (Å²) in [7, 11) is 0. The average Bonchev–Trinajstić information content (AvgIpc) is 3.28. The van der Waals surface area contributed by atoms with Gasteiger partial charge in [0.2, 0.25) is 0 Å². The Morgan fingerprint density at radius 1 is 0.333 bits per heavy atom. The number of rotatable bonds is 39. The number of carbonyl (C=O) groups is 3. The van der Waals surface area contributed by atoms with Crippen LogP contribution in [0.3, 0.4) is 0 Å². The van der Waals surface area contributed by atoms with Gasteiger partial charge in [-0.25, -0.2) is 0 Å². The van der Waals surface area contributed by atoms with Crippen molar-refractivity contribution in [2.24, 2.45) is 0 Å². The van der Waals surface area contributed by atoms with Crippen molar-refractivity contribution in [1.82, 2.24) is 0 Å². The van der Waals surface area contributed by atoms with Gasteiger partial charge in [0.15, 0.2) is 6.10 Å². The molecule has 63 heavy (non-hydrogen) atoms. The molecule has 0 aliphatic carbocycles. The zero-order valence-corrected chi connectivity index (χ0v) is 39.2. The van der Waals surface area contributed by atoms with E-state index in [0.29, 0.717) is 19.3 Å². The fourth-order valence-electron chi connectivity index (χ4n) is 5.42. The van der Waals surface area contributed by atoms with Crippen LogP contribution in [0.2, 0.25) is 0 Å². The maximum atomic E-state index is 12.7. The lowest BCUT2D eigenvalue weighted by molar-refractivity contribution is -0.166. The Kier molecular flexibility index (Phi) is 45.3. The summed E-state index contributed by atoms with van der Waals surface area (Å²) in [5, 5.41) is 0. The Hall–Kier alpha value is -5.23. The van der Waals surface area contributed by atoms with Crippen molar-refractivity contribution in [3.63, 3.8) is 0 Å².